The normalized spacial score (nSPS) is 14.1. The van der Waals surface area contributed by atoms with E-state index in [0.717, 1.165) is 37.8 Å². The zero-order valence-corrected chi connectivity index (χ0v) is 23.6. The molecule has 1 aromatic heterocycles. The molecule has 2 heterocycles. The topological polar surface area (TPSA) is 111 Å². The molecular weight excluding hydrogens is 538 g/mol. The van der Waals surface area contributed by atoms with Crippen molar-refractivity contribution in [2.24, 2.45) is 0 Å². The van der Waals surface area contributed by atoms with Crippen molar-refractivity contribution in [3.05, 3.63) is 81.7 Å². The van der Waals surface area contributed by atoms with E-state index < -0.39 is 38.7 Å². The molecule has 0 unspecified atom stereocenters. The fourth-order valence-electron chi connectivity index (χ4n) is 4.81. The van der Waals surface area contributed by atoms with E-state index >= 15 is 0 Å². The molecule has 4 rings (SSSR count). The lowest BCUT2D eigenvalue weighted by molar-refractivity contribution is -0.110. The van der Waals surface area contributed by atoms with Gasteiger partial charge in [-0.2, -0.15) is 0 Å². The van der Waals surface area contributed by atoms with Crippen molar-refractivity contribution in [3.63, 3.8) is 0 Å². The third-order valence-corrected chi connectivity index (χ3v) is 8.77. The zero-order chi connectivity index (χ0) is 29.2. The number of nitrogens with zero attached hydrogens (tertiary/aromatic N) is 1. The van der Waals surface area contributed by atoms with Crippen molar-refractivity contribution in [1.29, 1.82) is 0 Å². The van der Waals surface area contributed by atoms with Crippen molar-refractivity contribution in [1.82, 2.24) is 15.2 Å². The molecule has 3 aromatic rings. The van der Waals surface area contributed by atoms with Gasteiger partial charge in [0.2, 0.25) is 0 Å². The number of halogens is 2. The average molecular weight is 571 g/mol. The van der Waals surface area contributed by atoms with E-state index in [4.69, 9.17) is 0 Å². The van der Waals surface area contributed by atoms with Crippen LogP contribution in [-0.2, 0) is 20.4 Å². The van der Waals surface area contributed by atoms with E-state index in [1.165, 1.54) is 18.2 Å². The number of hydrogen-bond acceptors (Lipinski definition) is 5. The molecule has 212 valence electrons. The number of aromatic amines is 1. The molecule has 1 aliphatic rings. The minimum atomic E-state index is -4.15. The molecule has 0 saturated carbocycles. The van der Waals surface area contributed by atoms with Gasteiger partial charge in [-0.1, -0.05) is 19.9 Å². The minimum absolute atomic E-state index is 0.177. The van der Waals surface area contributed by atoms with E-state index in [2.05, 4.69) is 34.4 Å². The fourth-order valence-corrected chi connectivity index (χ4v) is 6.20. The molecular formula is C29H32F2N4O4S. The molecule has 0 atom stereocenters. The molecule has 8 nitrogen and oxygen atoms in total. The van der Waals surface area contributed by atoms with E-state index in [9.17, 15) is 26.8 Å². The first-order valence-corrected chi connectivity index (χ1v) is 14.6. The Balaban J connectivity index is 1.63. The predicted octanol–water partition coefficient (Wildman–Crippen LogP) is 4.45. The molecule has 0 spiro atoms. The number of H-pyrrole nitrogens is 1. The molecule has 40 heavy (non-hydrogen) atoms. The highest BCUT2D eigenvalue weighted by Gasteiger charge is 2.29. The van der Waals surface area contributed by atoms with Crippen LogP contribution in [0.5, 0.6) is 0 Å². The number of aromatic nitrogens is 1. The Kier molecular flexibility index (Phi) is 8.55. The Morgan fingerprint density at radius 3 is 2.40 bits per heavy atom. The Morgan fingerprint density at radius 2 is 1.75 bits per heavy atom. The molecule has 0 saturated heterocycles. The average Bonchev–Trinajstić information content (AvgIpc) is 3.37. The number of nitrogens with one attached hydrogen (secondary N) is 3. The second-order valence-electron chi connectivity index (χ2n) is 9.63. The Bertz CT molecular complexity index is 1590. The summed E-state index contributed by atoms with van der Waals surface area (Å²) in [7, 11) is -4.15. The van der Waals surface area contributed by atoms with Gasteiger partial charge in [-0.15, -0.1) is 0 Å². The maximum absolute atomic E-state index is 14.1. The molecule has 2 amide bonds. The van der Waals surface area contributed by atoms with Crippen LogP contribution in [0.25, 0.3) is 11.6 Å². The quantitative estimate of drug-likeness (QED) is 0.312. The molecule has 0 bridgehead atoms. The van der Waals surface area contributed by atoms with Gasteiger partial charge in [-0.25, -0.2) is 17.2 Å². The Labute approximate surface area is 232 Å². The van der Waals surface area contributed by atoms with Crippen LogP contribution in [0, 0.1) is 25.5 Å². The largest absolute Gasteiger partial charge is 0.358 e. The van der Waals surface area contributed by atoms with E-state index in [1.54, 1.807) is 19.9 Å². The summed E-state index contributed by atoms with van der Waals surface area (Å²) in [6.07, 6.45) is 1.57. The summed E-state index contributed by atoms with van der Waals surface area (Å²) in [5.74, 6) is -3.44. The first-order valence-electron chi connectivity index (χ1n) is 13.0. The second-order valence-corrected chi connectivity index (χ2v) is 11.6. The van der Waals surface area contributed by atoms with Crippen molar-refractivity contribution < 1.29 is 26.8 Å². The third-order valence-electron chi connectivity index (χ3n) is 7.13. The van der Waals surface area contributed by atoms with Crippen molar-refractivity contribution in [2.45, 2.75) is 38.3 Å². The number of amides is 2. The van der Waals surface area contributed by atoms with E-state index in [-0.39, 0.29) is 16.4 Å². The number of carbonyl (C=O) groups excluding carboxylic acids is 2. The summed E-state index contributed by atoms with van der Waals surface area (Å²) in [6.45, 7) is 10.6. The summed E-state index contributed by atoms with van der Waals surface area (Å²) in [6, 6.07) is 7.22. The van der Waals surface area contributed by atoms with Crippen molar-refractivity contribution in [2.75, 3.05) is 31.5 Å². The number of likely N-dealkylation sites (N-methyl/N-ethyl adjacent to an activating group) is 1. The lowest BCUT2D eigenvalue weighted by Gasteiger charge is -2.18. The van der Waals surface area contributed by atoms with Crippen LogP contribution in [0.4, 0.5) is 14.5 Å². The lowest BCUT2D eigenvalue weighted by Crippen LogP contribution is -2.35. The number of benzene rings is 2. The van der Waals surface area contributed by atoms with Crippen LogP contribution >= 0.6 is 0 Å². The molecule has 0 aliphatic carbocycles. The number of anilines is 1. The SMILES string of the molecule is CCN(CC)CCNC(=O)c1c(C)[nH]c(C=C2C(=O)Nc3ccc(S(=O)(=O)Cc4c(F)cccc4F)cc32)c1C. The van der Waals surface area contributed by atoms with Gasteiger partial charge in [0, 0.05) is 41.3 Å². The summed E-state index contributed by atoms with van der Waals surface area (Å²) in [4.78, 5) is 31.0. The van der Waals surface area contributed by atoms with Crippen molar-refractivity contribution in [3.8, 4) is 0 Å². The maximum Gasteiger partial charge on any atom is 0.256 e. The molecule has 2 aromatic carbocycles. The first kappa shape index (κ1) is 29.2. The smallest absolute Gasteiger partial charge is 0.256 e. The number of aryl methyl sites for hydroxylation is 1. The van der Waals surface area contributed by atoms with Crippen LogP contribution in [0.2, 0.25) is 0 Å². The van der Waals surface area contributed by atoms with Crippen LogP contribution in [0.15, 0.2) is 41.3 Å². The number of sulfone groups is 1. The van der Waals surface area contributed by atoms with Crippen LogP contribution in [0.3, 0.4) is 0 Å². The van der Waals surface area contributed by atoms with Gasteiger partial charge in [0.25, 0.3) is 11.8 Å². The summed E-state index contributed by atoms with van der Waals surface area (Å²) in [5, 5.41) is 5.65. The Hall–Kier alpha value is -3.83. The molecule has 3 N–H and O–H groups in total. The second kappa shape index (κ2) is 11.7. The monoisotopic (exact) mass is 570 g/mol. The van der Waals surface area contributed by atoms with Gasteiger partial charge < -0.3 is 20.5 Å². The molecule has 0 fully saturated rings. The molecule has 11 heteroatoms. The summed E-state index contributed by atoms with van der Waals surface area (Å²) >= 11 is 0. The first-order chi connectivity index (χ1) is 19.0. The standard InChI is InChI=1S/C29H32F2N4O4S/c1-5-35(6-2)13-12-32-29(37)27-17(3)26(33-18(27)4)15-21-20-14-19(10-11-25(20)34-28(21)36)40(38,39)16-22-23(30)8-7-9-24(22)31/h7-11,14-15,33H,5-6,12-13,16H2,1-4H3,(H,32,37)(H,34,36). The number of carbonyl (C=O) groups is 2. The molecule has 1 aliphatic heterocycles. The summed E-state index contributed by atoms with van der Waals surface area (Å²) < 4.78 is 54.4. The number of fused-ring (bicyclic) bond motifs is 1. The lowest BCUT2D eigenvalue weighted by atomic mass is 10.0. The van der Waals surface area contributed by atoms with Crippen molar-refractivity contribution >= 4 is 39.0 Å². The van der Waals surface area contributed by atoms with E-state index in [1.807, 2.05) is 0 Å². The van der Waals surface area contributed by atoms with Gasteiger partial charge in [-0.3, -0.25) is 9.59 Å². The highest BCUT2D eigenvalue weighted by Crippen LogP contribution is 2.36. The van der Waals surface area contributed by atoms with Gasteiger partial charge in [0.1, 0.15) is 11.6 Å². The fraction of sp³-hybridized carbons (Fsp3) is 0.310. The van der Waals surface area contributed by atoms with Gasteiger partial charge >= 0.3 is 0 Å². The minimum Gasteiger partial charge on any atom is -0.358 e. The maximum atomic E-state index is 14.1. The number of rotatable bonds is 10. The van der Waals surface area contributed by atoms with E-state index in [0.29, 0.717) is 40.3 Å². The van der Waals surface area contributed by atoms with Gasteiger partial charge in [0.15, 0.2) is 9.84 Å². The molecule has 0 radical (unpaired) electrons. The van der Waals surface area contributed by atoms with Crippen LogP contribution < -0.4 is 10.6 Å². The highest BCUT2D eigenvalue weighted by molar-refractivity contribution is 7.90. The highest BCUT2D eigenvalue weighted by atomic mass is 32.2. The number of hydrogen-bond donors (Lipinski definition) is 3. The third kappa shape index (κ3) is 5.85. The zero-order valence-electron chi connectivity index (χ0n) is 22.8. The predicted molar refractivity (Wildman–Crippen MR) is 151 cm³/mol. The van der Waals surface area contributed by atoms with Gasteiger partial charge in [-0.05, 0) is 68.9 Å². The Morgan fingerprint density at radius 1 is 1.07 bits per heavy atom. The summed E-state index contributed by atoms with van der Waals surface area (Å²) in [5.41, 5.74) is 2.67. The van der Waals surface area contributed by atoms with Gasteiger partial charge in [0.05, 0.1) is 21.8 Å². The van der Waals surface area contributed by atoms with Crippen LogP contribution in [0.1, 0.15) is 52.3 Å². The van der Waals surface area contributed by atoms with Crippen LogP contribution in [-0.4, -0.2) is 56.3 Å².